The Labute approximate surface area is 257 Å². The summed E-state index contributed by atoms with van der Waals surface area (Å²) in [6.07, 6.45) is 1.57. The molecule has 42 heavy (non-hydrogen) atoms. The van der Waals surface area contributed by atoms with Crippen molar-refractivity contribution in [3.8, 4) is 0 Å². The molecule has 3 N–H and O–H groups in total. The van der Waals surface area contributed by atoms with E-state index in [4.69, 9.17) is 0 Å². The van der Waals surface area contributed by atoms with Gasteiger partial charge in [-0.1, -0.05) is 67.6 Å². The van der Waals surface area contributed by atoms with Crippen LogP contribution in [0.4, 0.5) is 0 Å². The third-order valence-electron chi connectivity index (χ3n) is 8.46. The van der Waals surface area contributed by atoms with Crippen molar-refractivity contribution >= 4 is 16.7 Å². The van der Waals surface area contributed by atoms with Crippen molar-refractivity contribution in [2.45, 2.75) is 39.3 Å². The van der Waals surface area contributed by atoms with Crippen LogP contribution in [-0.4, -0.2) is 51.7 Å². The molecule has 0 radical (unpaired) electrons. The normalized spacial score (nSPS) is 16.8. The highest BCUT2D eigenvalue weighted by molar-refractivity contribution is 5.76. The molecule has 1 fully saturated rings. The van der Waals surface area contributed by atoms with Gasteiger partial charge < -0.3 is 44.2 Å². The van der Waals surface area contributed by atoms with Gasteiger partial charge in [0, 0.05) is 36.6 Å². The van der Waals surface area contributed by atoms with Crippen LogP contribution in [0.3, 0.4) is 0 Å². The summed E-state index contributed by atoms with van der Waals surface area (Å²) in [6, 6.07) is 25.3. The molecule has 8 nitrogen and oxygen atoms in total. The van der Waals surface area contributed by atoms with E-state index in [0.29, 0.717) is 35.9 Å². The number of rotatable bonds is 8. The summed E-state index contributed by atoms with van der Waals surface area (Å²) < 4.78 is 3.67. The van der Waals surface area contributed by atoms with Crippen LogP contribution in [0.5, 0.6) is 0 Å². The highest BCUT2D eigenvalue weighted by Gasteiger charge is 2.31. The van der Waals surface area contributed by atoms with Gasteiger partial charge in [-0.2, -0.15) is 0 Å². The zero-order chi connectivity index (χ0) is 27.6. The molecular formula is C32H38Cl2N6O2. The van der Waals surface area contributed by atoms with Gasteiger partial charge in [0.2, 0.25) is 5.56 Å². The Morgan fingerprint density at radius 1 is 0.881 bits per heavy atom. The second-order valence-electron chi connectivity index (χ2n) is 10.9. The van der Waals surface area contributed by atoms with Crippen molar-refractivity contribution in [1.29, 1.82) is 0 Å². The first-order valence-electron chi connectivity index (χ1n) is 14.5. The summed E-state index contributed by atoms with van der Waals surface area (Å²) in [5.41, 5.74) is 5.19. The van der Waals surface area contributed by atoms with Gasteiger partial charge in [0.1, 0.15) is 49.2 Å². The first-order valence-corrected chi connectivity index (χ1v) is 14.5. The van der Waals surface area contributed by atoms with E-state index in [9.17, 15) is 9.59 Å². The first kappa shape index (κ1) is 31.5. The number of piperazine rings is 1. The number of halogens is 2. The van der Waals surface area contributed by atoms with Gasteiger partial charge in [0.05, 0.1) is 17.8 Å². The second-order valence-corrected chi connectivity index (χ2v) is 10.9. The SMILES string of the molecule is CCc1nc(C)c2c(=O)n(CCC[NH+]3CC[NH+](C(c4ccccc4)c4ccccc4)CC3)c3ccc(=O)[nH]c3n12.[Cl-].[Cl-]. The fourth-order valence-corrected chi connectivity index (χ4v) is 6.52. The number of aromatic nitrogens is 4. The number of quaternary nitrogens is 2. The average Bonchev–Trinajstić information content (AvgIpc) is 3.33. The maximum absolute atomic E-state index is 13.6. The van der Waals surface area contributed by atoms with Gasteiger partial charge in [-0.25, -0.2) is 4.98 Å². The predicted molar refractivity (Wildman–Crippen MR) is 157 cm³/mol. The maximum atomic E-state index is 13.6. The molecule has 0 unspecified atom stereocenters. The summed E-state index contributed by atoms with van der Waals surface area (Å²) in [5.74, 6) is 0.790. The van der Waals surface area contributed by atoms with Crippen LogP contribution in [0.1, 0.15) is 42.0 Å². The molecule has 1 aliphatic heterocycles. The van der Waals surface area contributed by atoms with Gasteiger partial charge >= 0.3 is 0 Å². The van der Waals surface area contributed by atoms with Crippen LogP contribution in [0.25, 0.3) is 16.7 Å². The lowest BCUT2D eigenvalue weighted by Gasteiger charge is -2.35. The van der Waals surface area contributed by atoms with Crippen LogP contribution in [0.15, 0.2) is 82.4 Å². The summed E-state index contributed by atoms with van der Waals surface area (Å²) in [6.45, 7) is 9.93. The fraction of sp³-hybridized carbons (Fsp3) is 0.344. The molecular weight excluding hydrogens is 571 g/mol. The van der Waals surface area contributed by atoms with Crippen molar-refractivity contribution in [1.82, 2.24) is 18.9 Å². The Morgan fingerprint density at radius 3 is 2.10 bits per heavy atom. The third-order valence-corrected chi connectivity index (χ3v) is 8.46. The molecule has 222 valence electrons. The largest absolute Gasteiger partial charge is 1.00 e. The molecule has 0 saturated carbocycles. The lowest BCUT2D eigenvalue weighted by molar-refractivity contribution is -1.02. The number of nitrogens with one attached hydrogen (secondary N) is 3. The topological polar surface area (TPSA) is 81.0 Å². The molecule has 0 spiro atoms. The Morgan fingerprint density at radius 2 is 1.50 bits per heavy atom. The Balaban J connectivity index is 0.00000202. The zero-order valence-corrected chi connectivity index (χ0v) is 25.6. The number of nitrogens with zero attached hydrogens (tertiary/aromatic N) is 3. The number of hydrogen-bond donors (Lipinski definition) is 3. The number of aryl methyl sites for hydroxylation is 3. The van der Waals surface area contributed by atoms with Gasteiger partial charge in [0.25, 0.3) is 5.56 Å². The van der Waals surface area contributed by atoms with Gasteiger partial charge in [0.15, 0.2) is 0 Å². The minimum Gasteiger partial charge on any atom is -1.00 e. The standard InChI is InChI=1S/C32H36N6O2.2ClH/c1-3-27-33-23(2)29-32(40)37(26-15-16-28(39)34-31(26)38(27)29)18-10-17-35-19-21-36(22-20-35)30(24-11-6-4-7-12-24)25-13-8-5-9-14-25;;/h4-9,11-16,30H,3,10,17-22H2,1-2H3,(H,34,39);2*1H. The van der Waals surface area contributed by atoms with Crippen LogP contribution >= 0.6 is 0 Å². The Hall–Kier alpha value is -3.43. The Kier molecular flexibility index (Phi) is 10.3. The van der Waals surface area contributed by atoms with Gasteiger partial charge in [-0.05, 0) is 13.0 Å². The molecule has 2 aromatic carbocycles. The van der Waals surface area contributed by atoms with E-state index >= 15 is 0 Å². The number of fused-ring (bicyclic) bond motifs is 3. The van der Waals surface area contributed by atoms with Crippen LogP contribution < -0.4 is 45.7 Å². The number of hydrogen-bond acceptors (Lipinski definition) is 3. The summed E-state index contributed by atoms with van der Waals surface area (Å²) in [7, 11) is 0. The smallest absolute Gasteiger partial charge is 0.277 e. The summed E-state index contributed by atoms with van der Waals surface area (Å²) in [5, 5.41) is 0. The number of benzene rings is 2. The van der Waals surface area contributed by atoms with Crippen molar-refractivity contribution in [2.75, 3.05) is 32.7 Å². The molecule has 4 heterocycles. The second kappa shape index (κ2) is 13.7. The first-order chi connectivity index (χ1) is 19.5. The Bertz CT molecular complexity index is 1700. The van der Waals surface area contributed by atoms with Crippen molar-refractivity contribution in [3.05, 3.63) is 116 Å². The maximum Gasteiger partial charge on any atom is 0.277 e. The van der Waals surface area contributed by atoms with E-state index in [1.54, 1.807) is 15.9 Å². The van der Waals surface area contributed by atoms with E-state index in [1.807, 2.05) is 22.8 Å². The molecule has 0 amide bonds. The minimum atomic E-state index is -0.179. The summed E-state index contributed by atoms with van der Waals surface area (Å²) >= 11 is 0. The molecule has 10 heteroatoms. The van der Waals surface area contributed by atoms with Crippen LogP contribution in [0, 0.1) is 6.92 Å². The lowest BCUT2D eigenvalue weighted by Crippen LogP contribution is -3.28. The minimum absolute atomic E-state index is 0. The summed E-state index contributed by atoms with van der Waals surface area (Å²) in [4.78, 5) is 36.7. The van der Waals surface area contributed by atoms with E-state index in [-0.39, 0.29) is 35.9 Å². The van der Waals surface area contributed by atoms with E-state index in [0.717, 1.165) is 50.5 Å². The van der Waals surface area contributed by atoms with E-state index < -0.39 is 0 Å². The van der Waals surface area contributed by atoms with Crippen molar-refractivity contribution in [3.63, 3.8) is 0 Å². The predicted octanol–water partition coefficient (Wildman–Crippen LogP) is -4.82. The van der Waals surface area contributed by atoms with Crippen molar-refractivity contribution in [2.24, 2.45) is 0 Å². The monoisotopic (exact) mass is 608 g/mol. The number of pyridine rings is 1. The van der Waals surface area contributed by atoms with Gasteiger partial charge in [-0.3, -0.25) is 14.0 Å². The molecule has 0 bridgehead atoms. The fourth-order valence-electron chi connectivity index (χ4n) is 6.52. The highest BCUT2D eigenvalue weighted by atomic mass is 35.5. The molecule has 3 aromatic heterocycles. The average molecular weight is 610 g/mol. The molecule has 1 saturated heterocycles. The zero-order valence-electron chi connectivity index (χ0n) is 24.1. The van der Waals surface area contributed by atoms with Crippen LogP contribution in [0.2, 0.25) is 0 Å². The highest BCUT2D eigenvalue weighted by Crippen LogP contribution is 2.19. The van der Waals surface area contributed by atoms with E-state index in [2.05, 4.69) is 70.6 Å². The lowest BCUT2D eigenvalue weighted by atomic mass is 9.96. The van der Waals surface area contributed by atoms with E-state index in [1.165, 1.54) is 17.2 Å². The molecule has 0 atom stereocenters. The van der Waals surface area contributed by atoms with Gasteiger partial charge in [-0.15, -0.1) is 0 Å². The van der Waals surface area contributed by atoms with Crippen LogP contribution in [-0.2, 0) is 13.0 Å². The quantitative estimate of drug-likeness (QED) is 0.165. The molecule has 0 aliphatic carbocycles. The number of H-pyrrole nitrogens is 1. The molecule has 1 aliphatic rings. The van der Waals surface area contributed by atoms with Crippen molar-refractivity contribution < 1.29 is 34.6 Å². The number of imidazole rings is 1. The number of aromatic amines is 1. The molecule has 6 rings (SSSR count). The third kappa shape index (κ3) is 6.03. The molecule has 5 aromatic rings.